The van der Waals surface area contributed by atoms with Crippen LogP contribution >= 0.6 is 0 Å². The maximum Gasteiger partial charge on any atom is 0.230 e. The lowest BCUT2D eigenvalue weighted by Crippen LogP contribution is -2.31. The van der Waals surface area contributed by atoms with Crippen LogP contribution in [0.25, 0.3) is 0 Å². The van der Waals surface area contributed by atoms with E-state index in [0.717, 1.165) is 24.3 Å². The van der Waals surface area contributed by atoms with Crippen molar-refractivity contribution in [2.75, 3.05) is 6.54 Å². The molecule has 5 heteroatoms. The standard InChI is InChI=1S/C12H16N2O3/c1-8-6-11(17-13-8)10-4-3-5-14(10)12(16)7-9(2)15/h6,10H,3-5,7H2,1-2H3. The maximum atomic E-state index is 11.9. The molecular weight excluding hydrogens is 220 g/mol. The average molecular weight is 236 g/mol. The molecule has 0 aliphatic carbocycles. The van der Waals surface area contributed by atoms with E-state index in [9.17, 15) is 9.59 Å². The van der Waals surface area contributed by atoms with Crippen molar-refractivity contribution in [2.24, 2.45) is 0 Å². The number of Topliss-reactive ketones (excluding diaryl/α,β-unsaturated/α-hetero) is 1. The second kappa shape index (κ2) is 4.69. The summed E-state index contributed by atoms with van der Waals surface area (Å²) < 4.78 is 5.20. The monoisotopic (exact) mass is 236 g/mol. The van der Waals surface area contributed by atoms with E-state index in [2.05, 4.69) is 5.16 Å². The highest BCUT2D eigenvalue weighted by Gasteiger charge is 2.32. The van der Waals surface area contributed by atoms with E-state index in [4.69, 9.17) is 4.52 Å². The Morgan fingerprint density at radius 3 is 2.94 bits per heavy atom. The molecule has 1 atom stereocenters. The van der Waals surface area contributed by atoms with Gasteiger partial charge in [0, 0.05) is 12.6 Å². The first kappa shape index (κ1) is 11.8. The first-order valence-electron chi connectivity index (χ1n) is 5.80. The summed E-state index contributed by atoms with van der Waals surface area (Å²) in [6.07, 6.45) is 1.79. The number of carbonyl (C=O) groups is 2. The lowest BCUT2D eigenvalue weighted by atomic mass is 10.1. The molecule has 5 nitrogen and oxygen atoms in total. The van der Waals surface area contributed by atoms with Crippen LogP contribution in [-0.4, -0.2) is 28.3 Å². The quantitative estimate of drug-likeness (QED) is 0.748. The van der Waals surface area contributed by atoms with Crippen molar-refractivity contribution in [3.8, 4) is 0 Å². The number of amides is 1. The molecule has 1 fully saturated rings. The van der Waals surface area contributed by atoms with Gasteiger partial charge in [-0.05, 0) is 26.7 Å². The molecule has 92 valence electrons. The van der Waals surface area contributed by atoms with Crippen LogP contribution in [-0.2, 0) is 9.59 Å². The molecule has 0 saturated carbocycles. The number of likely N-dealkylation sites (tertiary alicyclic amines) is 1. The molecule has 0 N–H and O–H groups in total. The molecule has 1 aromatic heterocycles. The van der Waals surface area contributed by atoms with Crippen molar-refractivity contribution >= 4 is 11.7 Å². The van der Waals surface area contributed by atoms with E-state index in [-0.39, 0.29) is 24.2 Å². The zero-order valence-electron chi connectivity index (χ0n) is 10.1. The number of nitrogens with zero attached hydrogens (tertiary/aromatic N) is 2. The Morgan fingerprint density at radius 1 is 1.59 bits per heavy atom. The largest absolute Gasteiger partial charge is 0.359 e. The van der Waals surface area contributed by atoms with Gasteiger partial charge in [-0.3, -0.25) is 9.59 Å². The molecule has 1 aliphatic heterocycles. The van der Waals surface area contributed by atoms with Crippen LogP contribution in [0, 0.1) is 6.92 Å². The number of aryl methyl sites for hydroxylation is 1. The van der Waals surface area contributed by atoms with Gasteiger partial charge < -0.3 is 9.42 Å². The third kappa shape index (κ3) is 2.54. The SMILES string of the molecule is CC(=O)CC(=O)N1CCCC1c1cc(C)no1. The van der Waals surface area contributed by atoms with Gasteiger partial charge in [0.2, 0.25) is 5.91 Å². The average Bonchev–Trinajstić information content (AvgIpc) is 2.83. The minimum Gasteiger partial charge on any atom is -0.359 e. The third-order valence-electron chi connectivity index (χ3n) is 2.95. The number of hydrogen-bond acceptors (Lipinski definition) is 4. The van der Waals surface area contributed by atoms with Crippen LogP contribution in [0.5, 0.6) is 0 Å². The minimum atomic E-state index is -0.117. The van der Waals surface area contributed by atoms with Crippen molar-refractivity contribution in [1.82, 2.24) is 10.1 Å². The molecule has 1 saturated heterocycles. The van der Waals surface area contributed by atoms with Crippen molar-refractivity contribution in [2.45, 2.75) is 39.2 Å². The Hall–Kier alpha value is -1.65. The molecule has 1 aliphatic rings. The van der Waals surface area contributed by atoms with Crippen LogP contribution in [0.4, 0.5) is 0 Å². The number of carbonyl (C=O) groups excluding carboxylic acids is 2. The van der Waals surface area contributed by atoms with E-state index >= 15 is 0 Å². The van der Waals surface area contributed by atoms with Crippen LogP contribution in [0.1, 0.15) is 43.7 Å². The Kier molecular flexibility index (Phi) is 3.26. The molecule has 1 unspecified atom stereocenters. The van der Waals surface area contributed by atoms with Crippen molar-refractivity contribution in [3.63, 3.8) is 0 Å². The number of rotatable bonds is 3. The van der Waals surface area contributed by atoms with Crippen LogP contribution in [0.3, 0.4) is 0 Å². The molecule has 0 aromatic carbocycles. The zero-order chi connectivity index (χ0) is 12.4. The molecule has 2 rings (SSSR count). The Morgan fingerprint density at radius 2 is 2.35 bits per heavy atom. The summed E-state index contributed by atoms with van der Waals surface area (Å²) in [5, 5.41) is 3.84. The van der Waals surface area contributed by atoms with Crippen LogP contribution in [0.15, 0.2) is 10.6 Å². The molecule has 1 amide bonds. The van der Waals surface area contributed by atoms with Gasteiger partial charge >= 0.3 is 0 Å². The van der Waals surface area contributed by atoms with Gasteiger partial charge in [0.1, 0.15) is 5.78 Å². The van der Waals surface area contributed by atoms with E-state index in [0.29, 0.717) is 6.54 Å². The second-order valence-corrected chi connectivity index (χ2v) is 4.49. The highest BCUT2D eigenvalue weighted by molar-refractivity contribution is 5.97. The van der Waals surface area contributed by atoms with Gasteiger partial charge in [-0.2, -0.15) is 0 Å². The normalized spacial score (nSPS) is 19.6. The number of aromatic nitrogens is 1. The fourth-order valence-corrected chi connectivity index (χ4v) is 2.22. The number of ketones is 1. The highest BCUT2D eigenvalue weighted by atomic mass is 16.5. The van der Waals surface area contributed by atoms with Crippen LogP contribution < -0.4 is 0 Å². The summed E-state index contributed by atoms with van der Waals surface area (Å²) in [5.74, 6) is 0.500. The van der Waals surface area contributed by atoms with Gasteiger partial charge in [0.15, 0.2) is 5.76 Å². The molecule has 1 aromatic rings. The summed E-state index contributed by atoms with van der Waals surface area (Å²) >= 11 is 0. The fourth-order valence-electron chi connectivity index (χ4n) is 2.22. The number of hydrogen-bond donors (Lipinski definition) is 0. The Bertz CT molecular complexity index is 439. The van der Waals surface area contributed by atoms with E-state index in [1.165, 1.54) is 6.92 Å². The summed E-state index contributed by atoms with van der Waals surface area (Å²) in [5.41, 5.74) is 0.811. The molecule has 0 spiro atoms. The Balaban J connectivity index is 2.12. The Labute approximate surface area is 99.8 Å². The lowest BCUT2D eigenvalue weighted by Gasteiger charge is -2.22. The molecule has 17 heavy (non-hydrogen) atoms. The lowest BCUT2D eigenvalue weighted by molar-refractivity contribution is -0.135. The van der Waals surface area contributed by atoms with Crippen molar-refractivity contribution in [3.05, 3.63) is 17.5 Å². The third-order valence-corrected chi connectivity index (χ3v) is 2.95. The molecule has 0 radical (unpaired) electrons. The summed E-state index contributed by atoms with van der Waals surface area (Å²) in [4.78, 5) is 24.6. The maximum absolute atomic E-state index is 11.9. The first-order chi connectivity index (χ1) is 8.08. The van der Waals surface area contributed by atoms with Gasteiger partial charge in [-0.1, -0.05) is 5.16 Å². The predicted molar refractivity (Wildman–Crippen MR) is 60.2 cm³/mol. The topological polar surface area (TPSA) is 63.4 Å². The van der Waals surface area contributed by atoms with E-state index < -0.39 is 0 Å². The first-order valence-corrected chi connectivity index (χ1v) is 5.80. The summed E-state index contributed by atoms with van der Waals surface area (Å²) in [6, 6.07) is 1.80. The summed E-state index contributed by atoms with van der Waals surface area (Å²) in [6.45, 7) is 3.97. The van der Waals surface area contributed by atoms with Crippen LogP contribution in [0.2, 0.25) is 0 Å². The molecular formula is C12H16N2O3. The van der Waals surface area contributed by atoms with Gasteiger partial charge in [0.05, 0.1) is 18.2 Å². The highest BCUT2D eigenvalue weighted by Crippen LogP contribution is 2.32. The predicted octanol–water partition coefficient (Wildman–Crippen LogP) is 1.63. The van der Waals surface area contributed by atoms with E-state index in [1.807, 2.05) is 13.0 Å². The van der Waals surface area contributed by atoms with Gasteiger partial charge in [-0.15, -0.1) is 0 Å². The van der Waals surface area contributed by atoms with Crippen molar-refractivity contribution < 1.29 is 14.1 Å². The van der Waals surface area contributed by atoms with Crippen molar-refractivity contribution in [1.29, 1.82) is 0 Å². The smallest absolute Gasteiger partial charge is 0.230 e. The molecule has 2 heterocycles. The summed E-state index contributed by atoms with van der Waals surface area (Å²) in [7, 11) is 0. The van der Waals surface area contributed by atoms with Gasteiger partial charge in [0.25, 0.3) is 0 Å². The van der Waals surface area contributed by atoms with E-state index in [1.54, 1.807) is 4.90 Å². The zero-order valence-corrected chi connectivity index (χ0v) is 10.1. The second-order valence-electron chi connectivity index (χ2n) is 4.49. The van der Waals surface area contributed by atoms with Gasteiger partial charge in [-0.25, -0.2) is 0 Å². The minimum absolute atomic E-state index is 0.0242. The fraction of sp³-hybridized carbons (Fsp3) is 0.583. The molecule has 0 bridgehead atoms.